The first kappa shape index (κ1) is 12.6. The van der Waals surface area contributed by atoms with Gasteiger partial charge in [0, 0.05) is 19.6 Å². The minimum atomic E-state index is -0.345. The van der Waals surface area contributed by atoms with Crippen molar-refractivity contribution in [3.8, 4) is 5.75 Å². The molecule has 1 aliphatic heterocycles. The first-order chi connectivity index (χ1) is 8.75. The average molecular weight is 247 g/mol. The molecular formula is C14H17NO3. The van der Waals surface area contributed by atoms with Crippen LogP contribution in [0, 0.1) is 0 Å². The molecule has 0 amide bonds. The Kier molecular flexibility index (Phi) is 4.36. The van der Waals surface area contributed by atoms with E-state index >= 15 is 0 Å². The van der Waals surface area contributed by atoms with Crippen LogP contribution in [0.25, 0.3) is 0 Å². The van der Waals surface area contributed by atoms with Crippen LogP contribution in [0.15, 0.2) is 36.4 Å². The van der Waals surface area contributed by atoms with Crippen LogP contribution in [-0.2, 0) is 4.74 Å². The molecule has 1 aromatic rings. The van der Waals surface area contributed by atoms with Gasteiger partial charge in [0.25, 0.3) is 0 Å². The topological polar surface area (TPSA) is 49.8 Å². The zero-order valence-electron chi connectivity index (χ0n) is 10.2. The van der Waals surface area contributed by atoms with E-state index in [0.29, 0.717) is 12.2 Å². The van der Waals surface area contributed by atoms with Gasteiger partial charge in [-0.2, -0.15) is 0 Å². The normalized spacial score (nSPS) is 15.6. The largest absolute Gasteiger partial charge is 0.508 e. The van der Waals surface area contributed by atoms with Crippen molar-refractivity contribution in [2.24, 2.45) is 0 Å². The van der Waals surface area contributed by atoms with Crippen LogP contribution < -0.4 is 0 Å². The van der Waals surface area contributed by atoms with Crippen molar-refractivity contribution < 1.29 is 14.6 Å². The lowest BCUT2D eigenvalue weighted by Crippen LogP contribution is -2.31. The maximum Gasteiger partial charge on any atom is 0.338 e. The number of hydrogen-bond acceptors (Lipinski definition) is 4. The Morgan fingerprint density at radius 1 is 1.28 bits per heavy atom. The number of hydrogen-bond donors (Lipinski definition) is 1. The van der Waals surface area contributed by atoms with Gasteiger partial charge in [-0.25, -0.2) is 4.79 Å². The molecule has 1 aromatic carbocycles. The molecule has 96 valence electrons. The van der Waals surface area contributed by atoms with Gasteiger partial charge >= 0.3 is 5.97 Å². The Bertz CT molecular complexity index is 425. The lowest BCUT2D eigenvalue weighted by atomic mass is 10.2. The van der Waals surface area contributed by atoms with E-state index in [-0.39, 0.29) is 11.7 Å². The quantitative estimate of drug-likeness (QED) is 0.651. The Balaban J connectivity index is 1.74. The molecule has 1 heterocycles. The number of phenolic OH excluding ortho intramolecular Hbond substituents is 1. The molecule has 0 fully saturated rings. The fourth-order valence-corrected chi connectivity index (χ4v) is 1.84. The van der Waals surface area contributed by atoms with E-state index in [1.165, 1.54) is 12.1 Å². The van der Waals surface area contributed by atoms with E-state index < -0.39 is 0 Å². The number of benzene rings is 1. The van der Waals surface area contributed by atoms with Crippen LogP contribution in [0.1, 0.15) is 16.8 Å². The van der Waals surface area contributed by atoms with Crippen molar-refractivity contribution in [1.82, 2.24) is 4.90 Å². The van der Waals surface area contributed by atoms with E-state index in [2.05, 4.69) is 17.1 Å². The van der Waals surface area contributed by atoms with Gasteiger partial charge in [0.1, 0.15) is 12.4 Å². The third-order valence-corrected chi connectivity index (χ3v) is 2.89. The minimum absolute atomic E-state index is 0.145. The van der Waals surface area contributed by atoms with Crippen molar-refractivity contribution in [2.45, 2.75) is 6.42 Å². The third-order valence-electron chi connectivity index (χ3n) is 2.89. The predicted molar refractivity (Wildman–Crippen MR) is 68.6 cm³/mol. The summed E-state index contributed by atoms with van der Waals surface area (Å²) in [4.78, 5) is 13.9. The first-order valence-corrected chi connectivity index (χ1v) is 6.09. The van der Waals surface area contributed by atoms with Crippen LogP contribution >= 0.6 is 0 Å². The standard InChI is InChI=1S/C14H17NO3/c16-13-6-4-12(5-7-13)14(17)18-11-10-15-8-2-1-3-9-15/h1-2,4-7,16H,3,8-11H2. The minimum Gasteiger partial charge on any atom is -0.508 e. The summed E-state index contributed by atoms with van der Waals surface area (Å²) in [6.07, 6.45) is 5.36. The molecule has 2 rings (SSSR count). The number of carbonyl (C=O) groups is 1. The molecule has 1 N–H and O–H groups in total. The van der Waals surface area contributed by atoms with E-state index in [0.717, 1.165) is 26.1 Å². The SMILES string of the molecule is O=C(OCCN1CC=CCC1)c1ccc(O)cc1. The first-order valence-electron chi connectivity index (χ1n) is 6.09. The van der Waals surface area contributed by atoms with Gasteiger partial charge in [-0.3, -0.25) is 4.90 Å². The summed E-state index contributed by atoms with van der Waals surface area (Å²) in [5.74, 6) is -0.200. The number of rotatable bonds is 4. The Labute approximate surface area is 106 Å². The second-order valence-corrected chi connectivity index (χ2v) is 4.24. The molecule has 18 heavy (non-hydrogen) atoms. The molecular weight excluding hydrogens is 230 g/mol. The highest BCUT2D eigenvalue weighted by molar-refractivity contribution is 5.89. The highest BCUT2D eigenvalue weighted by Crippen LogP contribution is 2.10. The van der Waals surface area contributed by atoms with Crippen molar-refractivity contribution in [3.05, 3.63) is 42.0 Å². The molecule has 4 nitrogen and oxygen atoms in total. The average Bonchev–Trinajstić information content (AvgIpc) is 2.40. The summed E-state index contributed by atoms with van der Waals surface area (Å²) in [5, 5.41) is 9.12. The van der Waals surface area contributed by atoms with Crippen LogP contribution in [0.2, 0.25) is 0 Å². The summed E-state index contributed by atoms with van der Waals surface area (Å²) < 4.78 is 5.18. The molecule has 0 bridgehead atoms. The van der Waals surface area contributed by atoms with E-state index in [1.807, 2.05) is 0 Å². The Morgan fingerprint density at radius 2 is 2.06 bits per heavy atom. The second kappa shape index (κ2) is 6.21. The predicted octanol–water partition coefficient (Wildman–Crippen LogP) is 1.81. The van der Waals surface area contributed by atoms with Crippen molar-refractivity contribution >= 4 is 5.97 Å². The van der Waals surface area contributed by atoms with E-state index in [1.54, 1.807) is 12.1 Å². The summed E-state index contributed by atoms with van der Waals surface area (Å²) in [5.41, 5.74) is 0.464. The number of carbonyl (C=O) groups excluding carboxylic acids is 1. The molecule has 1 aliphatic rings. The van der Waals surface area contributed by atoms with Gasteiger partial charge in [-0.05, 0) is 30.7 Å². The Morgan fingerprint density at radius 3 is 2.72 bits per heavy atom. The maximum atomic E-state index is 11.7. The van der Waals surface area contributed by atoms with Gasteiger partial charge in [0.15, 0.2) is 0 Å². The van der Waals surface area contributed by atoms with Crippen molar-refractivity contribution in [3.63, 3.8) is 0 Å². The molecule has 0 saturated carbocycles. The highest BCUT2D eigenvalue weighted by Gasteiger charge is 2.09. The molecule has 0 atom stereocenters. The van der Waals surface area contributed by atoms with Crippen molar-refractivity contribution in [2.75, 3.05) is 26.2 Å². The maximum absolute atomic E-state index is 11.7. The van der Waals surface area contributed by atoms with Crippen LogP contribution in [0.3, 0.4) is 0 Å². The lowest BCUT2D eigenvalue weighted by molar-refractivity contribution is 0.0466. The van der Waals surface area contributed by atoms with Gasteiger partial charge in [-0.15, -0.1) is 0 Å². The summed E-state index contributed by atoms with van der Waals surface area (Å²) in [6, 6.07) is 6.07. The number of esters is 1. The van der Waals surface area contributed by atoms with E-state index in [9.17, 15) is 4.79 Å². The number of aromatic hydroxyl groups is 1. The zero-order valence-corrected chi connectivity index (χ0v) is 10.2. The van der Waals surface area contributed by atoms with Gasteiger partial charge < -0.3 is 9.84 Å². The van der Waals surface area contributed by atoms with Crippen LogP contribution in [0.5, 0.6) is 5.75 Å². The fraction of sp³-hybridized carbons (Fsp3) is 0.357. The molecule has 0 aromatic heterocycles. The summed E-state index contributed by atoms with van der Waals surface area (Å²) >= 11 is 0. The monoisotopic (exact) mass is 247 g/mol. The van der Waals surface area contributed by atoms with Gasteiger partial charge in [0.2, 0.25) is 0 Å². The number of nitrogens with zero attached hydrogens (tertiary/aromatic N) is 1. The molecule has 0 aliphatic carbocycles. The fourth-order valence-electron chi connectivity index (χ4n) is 1.84. The van der Waals surface area contributed by atoms with Crippen LogP contribution in [0.4, 0.5) is 0 Å². The Hall–Kier alpha value is -1.81. The second-order valence-electron chi connectivity index (χ2n) is 4.24. The molecule has 0 saturated heterocycles. The highest BCUT2D eigenvalue weighted by atomic mass is 16.5. The smallest absolute Gasteiger partial charge is 0.338 e. The van der Waals surface area contributed by atoms with Gasteiger partial charge in [-0.1, -0.05) is 12.2 Å². The zero-order chi connectivity index (χ0) is 12.8. The summed E-state index contributed by atoms with van der Waals surface area (Å²) in [7, 11) is 0. The third kappa shape index (κ3) is 3.60. The lowest BCUT2D eigenvalue weighted by Gasteiger charge is -2.22. The summed E-state index contributed by atoms with van der Waals surface area (Å²) in [6.45, 7) is 3.10. The molecule has 0 radical (unpaired) electrons. The van der Waals surface area contributed by atoms with E-state index in [4.69, 9.17) is 9.84 Å². The molecule has 0 spiro atoms. The number of phenols is 1. The van der Waals surface area contributed by atoms with Gasteiger partial charge in [0.05, 0.1) is 5.56 Å². The molecule has 4 heteroatoms. The number of ether oxygens (including phenoxy) is 1. The molecule has 0 unspecified atom stereocenters. The van der Waals surface area contributed by atoms with Crippen molar-refractivity contribution in [1.29, 1.82) is 0 Å². The van der Waals surface area contributed by atoms with Crippen LogP contribution in [-0.4, -0.2) is 42.2 Å².